The molecule has 76 heavy (non-hydrogen) atoms. The van der Waals surface area contributed by atoms with Crippen molar-refractivity contribution in [1.82, 2.24) is 16.0 Å². The number of methoxy groups -OCH3 is 1. The molecule has 5 rings (SSSR count). The van der Waals surface area contributed by atoms with Gasteiger partial charge in [-0.3, -0.25) is 43.7 Å². The molecule has 2 aliphatic rings. The summed E-state index contributed by atoms with van der Waals surface area (Å²) >= 11 is 0. The Bertz CT molecular complexity index is 2510. The van der Waals surface area contributed by atoms with E-state index in [1.54, 1.807) is 62.4 Å². The number of carbonyl (C=O) groups is 11. The van der Waals surface area contributed by atoms with Crippen LogP contribution in [0.1, 0.15) is 130 Å². The Morgan fingerprint density at radius 3 is 1.32 bits per heavy atom. The third kappa shape index (κ3) is 21.2. The quantitative estimate of drug-likeness (QED) is 0.0169. The summed E-state index contributed by atoms with van der Waals surface area (Å²) in [6, 6.07) is 14.8. The predicted molar refractivity (Wildman–Crippen MR) is 278 cm³/mol. The lowest BCUT2D eigenvalue weighted by Crippen LogP contribution is -2.53. The van der Waals surface area contributed by atoms with Crippen LogP contribution >= 0.6 is 0 Å². The lowest BCUT2D eigenvalue weighted by Gasteiger charge is -2.23. The summed E-state index contributed by atoms with van der Waals surface area (Å²) in [5.74, 6) is -5.65. The molecule has 3 aromatic rings. The third-order valence-corrected chi connectivity index (χ3v) is 10.9. The molecule has 0 aliphatic carbocycles. The molecule has 0 aromatic heterocycles. The number of Topliss-reactive ketones (excluding diaryl/α,β-unsaturated/α-hetero) is 3. The molecule has 2 aliphatic heterocycles. The van der Waals surface area contributed by atoms with Crippen LogP contribution in [0.4, 0.5) is 21.9 Å². The number of amides is 6. The lowest BCUT2D eigenvalue weighted by atomic mass is 9.99. The first kappa shape index (κ1) is 62.4. The minimum Gasteiger partial charge on any atom is -0.467 e. The molecule has 0 bridgehead atoms. The van der Waals surface area contributed by atoms with Gasteiger partial charge in [-0.1, -0.05) is 77.4 Å². The highest BCUT2D eigenvalue weighted by Gasteiger charge is 2.35. The normalized spacial score (nSPS) is 14.8. The Morgan fingerprint density at radius 2 is 0.921 bits per heavy atom. The van der Waals surface area contributed by atoms with Gasteiger partial charge in [0.15, 0.2) is 29.6 Å². The maximum Gasteiger partial charge on any atom is 0.411 e. The molecule has 2 saturated heterocycles. The fourth-order valence-electron chi connectivity index (χ4n) is 6.91. The summed E-state index contributed by atoms with van der Waals surface area (Å²) in [4.78, 5) is 139. The zero-order valence-corrected chi connectivity index (χ0v) is 44.0. The van der Waals surface area contributed by atoms with E-state index in [-0.39, 0.29) is 79.0 Å². The minimum absolute atomic E-state index is 0.0421. The number of para-hydroxylation sites is 3. The van der Waals surface area contributed by atoms with E-state index in [0.29, 0.717) is 31.6 Å². The molecule has 0 saturated carbocycles. The number of hydrogen-bond donors (Lipinski definition) is 6. The Kier molecular flexibility index (Phi) is 27.2. The van der Waals surface area contributed by atoms with Crippen LogP contribution in [0.3, 0.4) is 0 Å². The molecule has 2 fully saturated rings. The van der Waals surface area contributed by atoms with Crippen molar-refractivity contribution >= 4 is 82.0 Å². The molecule has 5 atom stereocenters. The lowest BCUT2D eigenvalue weighted by molar-refractivity contribution is -0.148. The highest BCUT2D eigenvalue weighted by atomic mass is 16.6. The Morgan fingerprint density at radius 1 is 0.526 bits per heavy atom. The van der Waals surface area contributed by atoms with E-state index in [1.165, 1.54) is 31.4 Å². The topological polar surface area (TPSA) is 313 Å². The van der Waals surface area contributed by atoms with E-state index in [4.69, 9.17) is 18.9 Å². The van der Waals surface area contributed by atoms with Gasteiger partial charge in [-0.25, -0.2) is 14.4 Å². The average molecular weight is 1060 g/mol. The fraction of sp³-hybridized carbons (Fsp3) is 0.463. The van der Waals surface area contributed by atoms with Crippen molar-refractivity contribution in [3.63, 3.8) is 0 Å². The van der Waals surface area contributed by atoms with Gasteiger partial charge in [0.25, 0.3) is 11.8 Å². The summed E-state index contributed by atoms with van der Waals surface area (Å²) in [7, 11) is 1.19. The highest BCUT2D eigenvalue weighted by Crippen LogP contribution is 2.23. The van der Waals surface area contributed by atoms with Crippen LogP contribution in [0, 0.1) is 0 Å². The van der Waals surface area contributed by atoms with Crippen LogP contribution in [0.5, 0.6) is 0 Å². The average Bonchev–Trinajstić information content (AvgIpc) is 4.35. The van der Waals surface area contributed by atoms with Gasteiger partial charge in [0.2, 0.25) is 17.7 Å². The first-order chi connectivity index (χ1) is 36.5. The van der Waals surface area contributed by atoms with Gasteiger partial charge in [-0.15, -0.1) is 0 Å². The van der Waals surface area contributed by atoms with Crippen molar-refractivity contribution < 1.29 is 76.4 Å². The summed E-state index contributed by atoms with van der Waals surface area (Å²) in [5.41, 5.74) is 1.09. The maximum absolute atomic E-state index is 13.7. The molecule has 6 N–H and O–H groups in total. The predicted octanol–water partition coefficient (Wildman–Crippen LogP) is 5.63. The van der Waals surface area contributed by atoms with E-state index < -0.39 is 96.3 Å². The standard InChI is InChI=1S/C34H42N4O10.C18H22N2O6.C2H6/c1-4-7-17-47-33(44)26(19-28(40)22-14-9-11-16-24(22)38-34(45)46-6-3)37-31(42)25(35-30(41)12-5-2)18-27(39)21-13-8-10-15-23(21)36-32(43)29-20-48-29;1-3-6-16(22)19-13(18(24)25-2)9-14(21)11-7-4-5-8-12(11)20-17(23)15-10-26-15;1-2/h8-11,13-16,25-26,29H,4-7,12,17-20H2,1-3H3,(H,35,41)(H,36,43)(H,37,42)(H,38,45);4-5,7-8,13,15H,3,6,9-10H2,1-2H3,(H,19,22)(H,20,23);1-2H3. The van der Waals surface area contributed by atoms with E-state index in [0.717, 1.165) is 6.42 Å². The second kappa shape index (κ2) is 33.1. The molecule has 0 radical (unpaired) electrons. The number of benzene rings is 3. The summed E-state index contributed by atoms with van der Waals surface area (Å²) in [6.45, 7) is 11.9. The van der Waals surface area contributed by atoms with Gasteiger partial charge in [-0.2, -0.15) is 0 Å². The molecule has 2 heterocycles. The number of nitrogens with one attached hydrogen (secondary N) is 6. The number of unbranched alkanes of at least 4 members (excludes halogenated alkanes) is 1. The SMILES string of the molecule is CC.CCCC(=O)NC(CC(=O)c1ccccc1NC(=O)C1CO1)C(=O)OC.CCCCOC(=O)C(CC(=O)c1ccccc1NC(=O)OCC)NC(=O)C(CC(=O)c1ccccc1NC(=O)C1CO1)NC(=O)CCC. The van der Waals surface area contributed by atoms with Gasteiger partial charge < -0.3 is 50.3 Å². The van der Waals surface area contributed by atoms with Gasteiger partial charge in [0.05, 0.1) is 50.6 Å². The fourth-order valence-corrected chi connectivity index (χ4v) is 6.91. The molecule has 412 valence electrons. The van der Waals surface area contributed by atoms with Crippen molar-refractivity contribution in [2.24, 2.45) is 0 Å². The van der Waals surface area contributed by atoms with Crippen LogP contribution < -0.4 is 31.9 Å². The monoisotopic (exact) mass is 1060 g/mol. The number of anilines is 3. The van der Waals surface area contributed by atoms with Crippen LogP contribution in [0.2, 0.25) is 0 Å². The summed E-state index contributed by atoms with van der Waals surface area (Å²) in [6.07, 6.45) is -0.567. The van der Waals surface area contributed by atoms with E-state index in [1.807, 2.05) is 27.7 Å². The van der Waals surface area contributed by atoms with Gasteiger partial charge in [0, 0.05) is 48.8 Å². The van der Waals surface area contributed by atoms with Crippen molar-refractivity contribution in [2.45, 2.75) is 130 Å². The van der Waals surface area contributed by atoms with Crippen LogP contribution in [-0.2, 0) is 57.2 Å². The summed E-state index contributed by atoms with van der Waals surface area (Å²) in [5, 5.41) is 15.3. The Labute approximate surface area is 441 Å². The van der Waals surface area contributed by atoms with Crippen LogP contribution in [-0.4, -0.2) is 129 Å². The first-order valence-corrected chi connectivity index (χ1v) is 25.3. The van der Waals surface area contributed by atoms with E-state index >= 15 is 0 Å². The molecule has 22 nitrogen and oxygen atoms in total. The van der Waals surface area contributed by atoms with E-state index in [2.05, 4.69) is 36.6 Å². The van der Waals surface area contributed by atoms with Crippen molar-refractivity contribution in [1.29, 1.82) is 0 Å². The number of ketones is 3. The summed E-state index contributed by atoms with van der Waals surface area (Å²) < 4.78 is 24.8. The van der Waals surface area contributed by atoms with Gasteiger partial charge in [0.1, 0.15) is 18.1 Å². The number of ether oxygens (including phenoxy) is 5. The number of esters is 2. The zero-order chi connectivity index (χ0) is 56.2. The Balaban J connectivity index is 0.000000456. The molecule has 5 unspecified atom stereocenters. The highest BCUT2D eigenvalue weighted by molar-refractivity contribution is 6.10. The smallest absolute Gasteiger partial charge is 0.411 e. The number of hydrogen-bond acceptors (Lipinski definition) is 16. The second-order valence-corrected chi connectivity index (χ2v) is 16.8. The van der Waals surface area contributed by atoms with Gasteiger partial charge in [-0.05, 0) is 62.6 Å². The first-order valence-electron chi connectivity index (χ1n) is 25.3. The maximum atomic E-state index is 13.7. The molecular weight excluding hydrogens is 989 g/mol. The zero-order valence-electron chi connectivity index (χ0n) is 44.0. The molecule has 0 spiro atoms. The van der Waals surface area contributed by atoms with E-state index in [9.17, 15) is 52.7 Å². The van der Waals surface area contributed by atoms with Gasteiger partial charge >= 0.3 is 18.0 Å². The molecule has 3 aromatic carbocycles. The van der Waals surface area contributed by atoms with Crippen LogP contribution in [0.15, 0.2) is 72.8 Å². The van der Waals surface area contributed by atoms with Crippen molar-refractivity contribution in [2.75, 3.05) is 49.5 Å². The largest absolute Gasteiger partial charge is 0.467 e. The Hall–Kier alpha value is -7.85. The molecule has 22 heteroatoms. The molecular formula is C54H70N6O16. The number of epoxide rings is 2. The second-order valence-electron chi connectivity index (χ2n) is 16.8. The van der Waals surface area contributed by atoms with Crippen molar-refractivity contribution in [3.8, 4) is 0 Å². The number of carbonyl (C=O) groups excluding carboxylic acids is 11. The minimum atomic E-state index is -1.50. The van der Waals surface area contributed by atoms with Crippen molar-refractivity contribution in [3.05, 3.63) is 89.5 Å². The number of rotatable bonds is 28. The van der Waals surface area contributed by atoms with Crippen LogP contribution in [0.25, 0.3) is 0 Å². The third-order valence-electron chi connectivity index (χ3n) is 10.9. The molecule has 6 amide bonds.